The number of halogens is 1. The number of nitrogens with zero attached hydrogens (tertiary/aromatic N) is 4. The zero-order chi connectivity index (χ0) is 19.4. The van der Waals surface area contributed by atoms with Gasteiger partial charge < -0.3 is 15.2 Å². The molecular formula is C19H19FN6O. The van der Waals surface area contributed by atoms with Crippen molar-refractivity contribution in [1.29, 1.82) is 0 Å². The van der Waals surface area contributed by atoms with Gasteiger partial charge in [-0.2, -0.15) is 9.61 Å². The first-order chi connectivity index (χ1) is 13.5. The van der Waals surface area contributed by atoms with Gasteiger partial charge in [0.15, 0.2) is 5.49 Å². The molecule has 0 aliphatic carbocycles. The Morgan fingerprint density at radius 2 is 2.26 bits per heavy atom. The first-order valence-corrected chi connectivity index (χ1v) is 8.88. The van der Waals surface area contributed by atoms with Crippen molar-refractivity contribution in [2.75, 3.05) is 25.5 Å². The van der Waals surface area contributed by atoms with Gasteiger partial charge in [0.2, 0.25) is 0 Å². The van der Waals surface area contributed by atoms with Crippen LogP contribution in [0.2, 0.25) is 0 Å². The number of hydrogen-bond donors (Lipinski definition) is 2. The van der Waals surface area contributed by atoms with Crippen LogP contribution in [0.15, 0.2) is 41.5 Å². The Hall–Kier alpha value is -3.16. The highest BCUT2D eigenvalue weighted by Crippen LogP contribution is 2.28. The third-order valence-electron chi connectivity index (χ3n) is 5.25. The molecule has 1 fully saturated rings. The first kappa shape index (κ1) is 15.0. The van der Waals surface area contributed by atoms with Gasteiger partial charge >= 0.3 is 0 Å². The molecule has 0 saturated carbocycles. The summed E-state index contributed by atoms with van der Waals surface area (Å²) in [7, 11) is 1.62. The van der Waals surface area contributed by atoms with Crippen LogP contribution >= 0.6 is 0 Å². The monoisotopic (exact) mass is 367 g/mol. The molecule has 8 heteroatoms. The van der Waals surface area contributed by atoms with Gasteiger partial charge in [0.05, 0.1) is 14.1 Å². The van der Waals surface area contributed by atoms with Crippen LogP contribution in [0.1, 0.15) is 17.3 Å². The number of nitrogens with one attached hydrogen (secondary N) is 2. The van der Waals surface area contributed by atoms with Crippen LogP contribution in [-0.2, 0) is 6.42 Å². The van der Waals surface area contributed by atoms with E-state index < -0.39 is 6.17 Å². The summed E-state index contributed by atoms with van der Waals surface area (Å²) in [5.41, 5.74) is 2.86. The number of hydrogen-bond acceptors (Lipinski definition) is 4. The summed E-state index contributed by atoms with van der Waals surface area (Å²) in [6.07, 6.45) is -0.702. The second-order valence-electron chi connectivity index (χ2n) is 7.03. The summed E-state index contributed by atoms with van der Waals surface area (Å²) in [6, 6.07) is 9.58. The van der Waals surface area contributed by atoms with Crippen molar-refractivity contribution in [3.63, 3.8) is 0 Å². The smallest absolute Gasteiger partial charge is 0.259 e. The highest BCUT2D eigenvalue weighted by atomic mass is 19.1. The zero-order valence-corrected chi connectivity index (χ0v) is 14.7. The fourth-order valence-electron chi connectivity index (χ4n) is 3.90. The number of alkyl halides is 1. The number of rotatable bonds is 0. The lowest BCUT2D eigenvalue weighted by Gasteiger charge is -2.15. The summed E-state index contributed by atoms with van der Waals surface area (Å²) in [5.74, 6) is -0.0259. The predicted octanol–water partition coefficient (Wildman–Crippen LogP) is 1.90. The van der Waals surface area contributed by atoms with E-state index in [1.807, 2.05) is 24.3 Å². The molecule has 2 aromatic heterocycles. The second-order valence-corrected chi connectivity index (χ2v) is 7.03. The lowest BCUT2D eigenvalue weighted by molar-refractivity contribution is 0.0782. The van der Waals surface area contributed by atoms with Crippen LogP contribution in [0, 0.1) is 5.92 Å². The molecule has 6 bridgehead atoms. The summed E-state index contributed by atoms with van der Waals surface area (Å²) in [6.45, 7) is 0.349. The Morgan fingerprint density at radius 1 is 1.37 bits per heavy atom. The van der Waals surface area contributed by atoms with Crippen LogP contribution in [0.25, 0.3) is 5.65 Å². The van der Waals surface area contributed by atoms with Gasteiger partial charge in [-0.05, 0) is 24.1 Å². The normalized spacial score (nSPS) is 23.0. The highest BCUT2D eigenvalue weighted by molar-refractivity contribution is 6.00. The molecule has 1 saturated heterocycles. The van der Waals surface area contributed by atoms with E-state index in [9.17, 15) is 9.18 Å². The molecule has 2 atom stereocenters. The maximum Gasteiger partial charge on any atom is 0.259 e. The number of amides is 1. The summed E-state index contributed by atoms with van der Waals surface area (Å²) in [4.78, 5) is 22.0. The molecule has 3 aromatic rings. The third kappa shape index (κ3) is 2.59. The molecule has 0 spiro atoms. The minimum absolute atomic E-state index is 0.0307. The van der Waals surface area contributed by atoms with Crippen molar-refractivity contribution in [2.45, 2.75) is 12.6 Å². The van der Waals surface area contributed by atoms with Gasteiger partial charge in [-0.25, -0.2) is 4.39 Å². The molecule has 1 amide bonds. The maximum absolute atomic E-state index is 14.7. The van der Waals surface area contributed by atoms with Gasteiger partial charge in [0.1, 0.15) is 23.2 Å². The number of aromatic amines is 1. The Kier molecular flexibility index (Phi) is 3.29. The van der Waals surface area contributed by atoms with Crippen molar-refractivity contribution in [2.24, 2.45) is 10.9 Å². The fourth-order valence-corrected chi connectivity index (χ4v) is 3.90. The quantitative estimate of drug-likeness (QED) is 0.637. The Balaban J connectivity index is 1.77. The van der Waals surface area contributed by atoms with Crippen LogP contribution in [-0.4, -0.2) is 51.7 Å². The predicted molar refractivity (Wildman–Crippen MR) is 98.7 cm³/mol. The van der Waals surface area contributed by atoms with Gasteiger partial charge in [-0.3, -0.25) is 9.79 Å². The molecule has 138 valence electrons. The lowest BCUT2D eigenvalue weighted by atomic mass is 9.97. The first-order valence-electron chi connectivity index (χ1n) is 9.38. The Bertz CT molecular complexity index is 1170. The van der Waals surface area contributed by atoms with E-state index in [1.54, 1.807) is 13.1 Å². The van der Waals surface area contributed by atoms with Crippen molar-refractivity contribution in [3.8, 4) is 0 Å². The second kappa shape index (κ2) is 5.94. The maximum atomic E-state index is 14.7. The largest absolute Gasteiger partial charge is 0.342 e. The summed E-state index contributed by atoms with van der Waals surface area (Å²) in [5, 5.41) is 7.45. The zero-order valence-electron chi connectivity index (χ0n) is 15.7. The van der Waals surface area contributed by atoms with Gasteiger partial charge in [-0.15, -0.1) is 0 Å². The average molecular weight is 367 g/mol. The van der Waals surface area contributed by atoms with E-state index in [2.05, 4.69) is 20.4 Å². The standard InChI is InChI=1S/C19H19FN6O/c1-21-17-7-16-23-13-4-2-3-11(6-13)5-12-9-25(10-15(12)20)19(27)14-8-22-26(17)18(14)24-16/h2-4,6-8,12,15,23-24H,5,9-10H2,1H3/i8D. The van der Waals surface area contributed by atoms with E-state index in [0.29, 0.717) is 29.9 Å². The molecule has 7 nitrogen and oxygen atoms in total. The van der Waals surface area contributed by atoms with Crippen molar-refractivity contribution < 1.29 is 10.6 Å². The van der Waals surface area contributed by atoms with Gasteiger partial charge in [0, 0.05) is 31.3 Å². The van der Waals surface area contributed by atoms with Crippen molar-refractivity contribution >= 4 is 23.1 Å². The van der Waals surface area contributed by atoms with Crippen LogP contribution in [0.3, 0.4) is 0 Å². The lowest BCUT2D eigenvalue weighted by Crippen LogP contribution is -2.29. The van der Waals surface area contributed by atoms with Crippen LogP contribution in [0.4, 0.5) is 15.9 Å². The third-order valence-corrected chi connectivity index (χ3v) is 5.25. The Morgan fingerprint density at radius 3 is 3.11 bits per heavy atom. The number of benzene rings is 1. The topological polar surface area (TPSA) is 77.8 Å². The molecule has 27 heavy (non-hydrogen) atoms. The minimum Gasteiger partial charge on any atom is -0.342 e. The SMILES string of the molecule is [2H]c1nn2c(=NC)cc3[nH]c2c1C(=O)N1CC(F)C(Cc2cccc(c2)N3)C1. The molecule has 2 aliphatic rings. The number of H-pyrrole nitrogens is 1. The molecular weight excluding hydrogens is 347 g/mol. The molecule has 2 aliphatic heterocycles. The number of carbonyl (C=O) groups excluding carboxylic acids is 1. The number of anilines is 2. The van der Waals surface area contributed by atoms with E-state index in [1.165, 1.54) is 9.42 Å². The van der Waals surface area contributed by atoms with Gasteiger partial charge in [0.25, 0.3) is 5.91 Å². The summed E-state index contributed by atoms with van der Waals surface area (Å²) >= 11 is 0. The molecule has 0 radical (unpaired) electrons. The number of carbonyl (C=O) groups is 1. The van der Waals surface area contributed by atoms with E-state index in [4.69, 9.17) is 1.37 Å². The molecule has 2 unspecified atom stereocenters. The highest BCUT2D eigenvalue weighted by Gasteiger charge is 2.36. The molecule has 2 N–H and O–H groups in total. The molecule has 1 aromatic carbocycles. The molecule has 4 heterocycles. The van der Waals surface area contributed by atoms with E-state index >= 15 is 0 Å². The van der Waals surface area contributed by atoms with E-state index in [0.717, 1.165) is 11.3 Å². The van der Waals surface area contributed by atoms with Crippen LogP contribution in [0.5, 0.6) is 0 Å². The Labute approximate surface area is 155 Å². The van der Waals surface area contributed by atoms with Crippen molar-refractivity contribution in [1.82, 2.24) is 19.5 Å². The van der Waals surface area contributed by atoms with Crippen LogP contribution < -0.4 is 10.8 Å². The van der Waals surface area contributed by atoms with Gasteiger partial charge in [-0.1, -0.05) is 12.1 Å². The minimum atomic E-state index is -1.10. The van der Waals surface area contributed by atoms with E-state index in [-0.39, 0.29) is 30.1 Å². The van der Waals surface area contributed by atoms with Crippen molar-refractivity contribution in [3.05, 3.63) is 53.1 Å². The summed E-state index contributed by atoms with van der Waals surface area (Å²) < 4.78 is 24.3. The molecule has 5 rings (SSSR count). The average Bonchev–Trinajstić information content (AvgIpc) is 3.20. The number of fused-ring (bicyclic) bond motifs is 5. The number of aromatic nitrogens is 3. The fraction of sp³-hybridized carbons (Fsp3) is 0.316.